The zero-order valence-corrected chi connectivity index (χ0v) is 19.6. The third-order valence-electron chi connectivity index (χ3n) is 2.79. The summed E-state index contributed by atoms with van der Waals surface area (Å²) in [6.07, 6.45) is 1.64. The molecule has 174 valence electrons. The van der Waals surface area contributed by atoms with Crippen LogP contribution in [0.2, 0.25) is 0 Å². The Morgan fingerprint density at radius 2 is 1.19 bits per heavy atom. The quantitative estimate of drug-likeness (QED) is 0.208. The number of hydrogen-bond acceptors (Lipinski definition) is 4. The van der Waals surface area contributed by atoms with Gasteiger partial charge in [-0.15, -0.1) is 10.2 Å². The number of anilines is 1. The van der Waals surface area contributed by atoms with E-state index in [1.54, 1.807) is 12.3 Å². The average molecular weight is 575 g/mol. The Morgan fingerprint density at radius 1 is 0.774 bits per heavy atom. The molecule has 31 heavy (non-hydrogen) atoms. The topological polar surface area (TPSA) is 56.6 Å². The molecule has 14 heteroatoms. The summed E-state index contributed by atoms with van der Waals surface area (Å²) < 4.78 is 59.2. The van der Waals surface area contributed by atoms with E-state index in [9.17, 15) is 25.2 Å². The smallest absolute Gasteiger partial charge is 1.00 e. The number of halogens is 7. The van der Waals surface area contributed by atoms with Crippen LogP contribution < -0.4 is 17.3 Å². The Bertz CT molecular complexity index is 839. The van der Waals surface area contributed by atoms with Crippen molar-refractivity contribution in [2.45, 2.75) is 0 Å². The van der Waals surface area contributed by atoms with E-state index in [0.717, 1.165) is 11.4 Å². The molecule has 2 aromatic carbocycles. The first-order chi connectivity index (χ1) is 13.2. The number of nitrogens with one attached hydrogen (secondary N) is 1. The first kappa shape index (κ1) is 31.2. The van der Waals surface area contributed by atoms with Gasteiger partial charge in [-0.1, -0.05) is 36.4 Å². The van der Waals surface area contributed by atoms with Gasteiger partial charge in [-0.2, -0.15) is 5.10 Å². The number of aromatic nitrogens is 2. The molecular formula is C17H19ClF6N5PRu. The van der Waals surface area contributed by atoms with E-state index in [1.165, 1.54) is 0 Å². The summed E-state index contributed by atoms with van der Waals surface area (Å²) in [6.45, 7) is 0. The monoisotopic (exact) mass is 575 g/mol. The van der Waals surface area contributed by atoms with Crippen LogP contribution in [0, 0.1) is 0 Å². The molecule has 0 aliphatic carbocycles. The van der Waals surface area contributed by atoms with Crippen molar-refractivity contribution in [3.63, 3.8) is 0 Å². The maximum atomic E-state index is 9.87. The normalized spacial score (nSPS) is 12.4. The zero-order valence-electron chi connectivity index (χ0n) is 16.2. The molecule has 5 nitrogen and oxygen atoms in total. The van der Waals surface area contributed by atoms with Crippen LogP contribution in [0.15, 0.2) is 83.2 Å². The molecule has 0 fully saturated rings. The summed E-state index contributed by atoms with van der Waals surface area (Å²) in [5, 5.41) is 14.6. The average Bonchev–Trinajstić information content (AvgIpc) is 3.13. The van der Waals surface area contributed by atoms with Crippen molar-refractivity contribution in [3.8, 4) is 0 Å². The molecule has 0 spiro atoms. The Kier molecular flexibility index (Phi) is 12.2. The Morgan fingerprint density at radius 3 is 1.52 bits per heavy atom. The molecule has 1 aromatic heterocycles. The van der Waals surface area contributed by atoms with Crippen molar-refractivity contribution in [1.29, 1.82) is 0 Å². The summed E-state index contributed by atoms with van der Waals surface area (Å²) in [5.74, 6) is 0.650. The van der Waals surface area contributed by atoms with Gasteiger partial charge in [-0.3, -0.25) is 5.10 Å². The number of hydrogen-bond donors (Lipinski definition) is 1. The summed E-state index contributed by atoms with van der Waals surface area (Å²) in [6, 6.07) is 21.6. The third kappa shape index (κ3) is 21.0. The number of benzene rings is 2. The van der Waals surface area contributed by atoms with Crippen LogP contribution in [-0.2, 0) is 19.5 Å². The molecular weight excluding hydrogens is 556 g/mol. The van der Waals surface area contributed by atoms with Crippen LogP contribution in [0.3, 0.4) is 0 Å². The molecule has 0 bridgehead atoms. The van der Waals surface area contributed by atoms with E-state index in [0.29, 0.717) is 5.82 Å². The second kappa shape index (κ2) is 12.1. The van der Waals surface area contributed by atoms with Crippen molar-refractivity contribution < 1.29 is 57.1 Å². The first-order valence-electron chi connectivity index (χ1n) is 7.95. The van der Waals surface area contributed by atoms with Gasteiger partial charge >= 0.3 is 52.5 Å². The van der Waals surface area contributed by atoms with E-state index in [-0.39, 0.29) is 31.9 Å². The van der Waals surface area contributed by atoms with Crippen LogP contribution in [0.5, 0.6) is 0 Å². The SMILES string of the molecule is CN(C)c1ccc(N=Nc2ccn[nH]2)cc1.F[P-](F)(F)(F)(F)F.[Cl-].[Ru+2].c1ccccc1. The summed E-state index contributed by atoms with van der Waals surface area (Å²) >= 11 is 0. The van der Waals surface area contributed by atoms with Gasteiger partial charge in [0.15, 0.2) is 5.82 Å². The Labute approximate surface area is 194 Å². The van der Waals surface area contributed by atoms with Crippen LogP contribution in [0.1, 0.15) is 0 Å². The molecule has 0 amide bonds. The van der Waals surface area contributed by atoms with E-state index >= 15 is 0 Å². The molecule has 0 saturated carbocycles. The number of nitrogens with zero attached hydrogens (tertiary/aromatic N) is 4. The molecule has 0 saturated heterocycles. The molecule has 0 radical (unpaired) electrons. The molecule has 3 aromatic rings. The molecule has 0 unspecified atom stereocenters. The summed E-state index contributed by atoms with van der Waals surface area (Å²) in [4.78, 5) is 2.04. The van der Waals surface area contributed by atoms with Gasteiger partial charge in [0.05, 0.1) is 11.9 Å². The standard InChI is InChI=1S/C11H13N5.C6H6.ClH.F6P.Ru/c1-16(2)10-5-3-9(4-6-10)13-15-11-7-8-12-14-11;1-2-4-6-5-3-1;;1-7(2,3,4,5)6;/h3-8H,1-2H3,(H,12,14);1-6H;1H;;/q;;;-1;+2/p-1. The minimum Gasteiger partial charge on any atom is -1.00 e. The number of azo groups is 1. The van der Waals surface area contributed by atoms with Crippen molar-refractivity contribution in [2.24, 2.45) is 10.2 Å². The fourth-order valence-electron chi connectivity index (χ4n) is 1.62. The first-order valence-corrected chi connectivity index (χ1v) is 9.98. The summed E-state index contributed by atoms with van der Waals surface area (Å²) in [7, 11) is -6.66. The van der Waals surface area contributed by atoms with E-state index in [2.05, 4.69) is 20.4 Å². The largest absolute Gasteiger partial charge is 2.00 e. The van der Waals surface area contributed by atoms with Gasteiger partial charge < -0.3 is 17.3 Å². The van der Waals surface area contributed by atoms with Gasteiger partial charge in [0.2, 0.25) is 0 Å². The van der Waals surface area contributed by atoms with Crippen molar-refractivity contribution >= 4 is 25.0 Å². The van der Waals surface area contributed by atoms with Gasteiger partial charge in [0, 0.05) is 25.8 Å². The molecule has 0 aliphatic rings. The van der Waals surface area contributed by atoms with Crippen LogP contribution >= 0.6 is 7.81 Å². The van der Waals surface area contributed by atoms with E-state index in [4.69, 9.17) is 0 Å². The fraction of sp³-hybridized carbons (Fsp3) is 0.118. The van der Waals surface area contributed by atoms with Gasteiger partial charge in [0.1, 0.15) is 0 Å². The molecule has 1 N–H and O–H groups in total. The van der Waals surface area contributed by atoms with E-state index in [1.807, 2.05) is 79.7 Å². The second-order valence-electron chi connectivity index (χ2n) is 5.67. The van der Waals surface area contributed by atoms with E-state index < -0.39 is 7.81 Å². The molecule has 0 aliphatic heterocycles. The zero-order chi connectivity index (χ0) is 22.0. The number of H-pyrrole nitrogens is 1. The minimum atomic E-state index is -10.7. The van der Waals surface area contributed by atoms with Crippen molar-refractivity contribution in [2.75, 3.05) is 19.0 Å². The Balaban J connectivity index is 0. The van der Waals surface area contributed by atoms with Gasteiger partial charge in [-0.25, -0.2) is 0 Å². The predicted molar refractivity (Wildman–Crippen MR) is 104 cm³/mol. The summed E-state index contributed by atoms with van der Waals surface area (Å²) in [5.41, 5.74) is 1.96. The van der Waals surface area contributed by atoms with Crippen LogP contribution in [-0.4, -0.2) is 24.3 Å². The fourth-order valence-corrected chi connectivity index (χ4v) is 1.62. The minimum absolute atomic E-state index is 0. The number of rotatable bonds is 3. The molecule has 3 rings (SSSR count). The molecule has 1 heterocycles. The van der Waals surface area contributed by atoms with Crippen molar-refractivity contribution in [1.82, 2.24) is 10.2 Å². The van der Waals surface area contributed by atoms with Gasteiger partial charge in [0.25, 0.3) is 0 Å². The predicted octanol–water partition coefficient (Wildman–Crippen LogP) is 4.96. The third-order valence-corrected chi connectivity index (χ3v) is 2.79. The second-order valence-corrected chi connectivity index (χ2v) is 7.58. The Hall–Kier alpha value is -2.03. The van der Waals surface area contributed by atoms with Gasteiger partial charge in [-0.05, 0) is 24.3 Å². The molecule has 0 atom stereocenters. The van der Waals surface area contributed by atoms with Crippen LogP contribution in [0.25, 0.3) is 0 Å². The maximum absolute atomic E-state index is 10.7. The maximum Gasteiger partial charge on any atom is 2.00 e. The number of aromatic amines is 1. The van der Waals surface area contributed by atoms with Crippen molar-refractivity contribution in [3.05, 3.63) is 72.9 Å². The van der Waals surface area contributed by atoms with Crippen LogP contribution in [0.4, 0.5) is 42.4 Å².